The van der Waals surface area contributed by atoms with Gasteiger partial charge in [-0.15, -0.1) is 0 Å². The number of halogens is 1. The van der Waals surface area contributed by atoms with E-state index in [2.05, 4.69) is 0 Å². The van der Waals surface area contributed by atoms with Gasteiger partial charge in [0.25, 0.3) is 0 Å². The number of oxazole rings is 1. The Labute approximate surface area is 90.3 Å². The molecule has 0 bridgehead atoms. The Kier molecular flexibility index (Phi) is 2.48. The smallest absolute Gasteiger partial charge is 0.408 e. The molecule has 0 aliphatic heterocycles. The van der Waals surface area contributed by atoms with Crippen molar-refractivity contribution < 1.29 is 4.42 Å². The van der Waals surface area contributed by atoms with Crippen molar-refractivity contribution in [3.63, 3.8) is 0 Å². The molecule has 0 atom stereocenters. The maximum Gasteiger partial charge on any atom is 0.419 e. The molecule has 0 spiro atoms. The first-order valence-electron chi connectivity index (χ1n) is 4.38. The number of benzene rings is 1. The van der Waals surface area contributed by atoms with Gasteiger partial charge in [0.05, 0.1) is 18.0 Å². The number of fused-ring (bicyclic) bond motifs is 1. The van der Waals surface area contributed by atoms with Crippen molar-refractivity contribution >= 4 is 22.7 Å². The van der Waals surface area contributed by atoms with Crippen LogP contribution in [-0.2, 0) is 6.54 Å². The van der Waals surface area contributed by atoms with Crippen molar-refractivity contribution in [1.82, 2.24) is 4.57 Å². The highest BCUT2D eigenvalue weighted by molar-refractivity contribution is 6.31. The van der Waals surface area contributed by atoms with E-state index in [4.69, 9.17) is 21.3 Å². The fourth-order valence-corrected chi connectivity index (χ4v) is 1.58. The summed E-state index contributed by atoms with van der Waals surface area (Å²) >= 11 is 5.76. The van der Waals surface area contributed by atoms with Crippen LogP contribution in [0, 0.1) is 11.3 Å². The van der Waals surface area contributed by atoms with Gasteiger partial charge in [0.2, 0.25) is 0 Å². The van der Waals surface area contributed by atoms with Crippen molar-refractivity contribution in [2.24, 2.45) is 0 Å². The van der Waals surface area contributed by atoms with Crippen LogP contribution < -0.4 is 5.76 Å². The number of nitrogens with zero attached hydrogens (tertiary/aromatic N) is 2. The van der Waals surface area contributed by atoms with Crippen LogP contribution in [0.5, 0.6) is 0 Å². The van der Waals surface area contributed by atoms with E-state index in [1.54, 1.807) is 18.2 Å². The number of hydrogen-bond donors (Lipinski definition) is 0. The predicted molar refractivity (Wildman–Crippen MR) is 55.7 cm³/mol. The quantitative estimate of drug-likeness (QED) is 0.782. The summed E-state index contributed by atoms with van der Waals surface area (Å²) in [7, 11) is 0. The molecule has 0 saturated heterocycles. The summed E-state index contributed by atoms with van der Waals surface area (Å²) in [4.78, 5) is 11.4. The molecule has 1 heterocycles. The zero-order valence-corrected chi connectivity index (χ0v) is 8.49. The van der Waals surface area contributed by atoms with Gasteiger partial charge in [0.1, 0.15) is 0 Å². The Morgan fingerprint density at radius 3 is 3.07 bits per heavy atom. The number of hydrogen-bond acceptors (Lipinski definition) is 3. The van der Waals surface area contributed by atoms with E-state index in [9.17, 15) is 4.79 Å². The molecular weight excluding hydrogens is 216 g/mol. The van der Waals surface area contributed by atoms with E-state index in [-0.39, 0.29) is 6.42 Å². The van der Waals surface area contributed by atoms with E-state index in [0.29, 0.717) is 22.7 Å². The maximum atomic E-state index is 11.4. The van der Waals surface area contributed by atoms with Crippen LogP contribution >= 0.6 is 11.6 Å². The van der Waals surface area contributed by atoms with Crippen LogP contribution in [0.25, 0.3) is 11.1 Å². The molecule has 2 rings (SSSR count). The van der Waals surface area contributed by atoms with E-state index >= 15 is 0 Å². The standard InChI is InChI=1S/C10H7ClN2O2/c11-7-2-3-8-9(6-7)15-10(14)13(8)5-1-4-12/h2-3,6H,1,5H2. The summed E-state index contributed by atoms with van der Waals surface area (Å²) in [5.74, 6) is -0.456. The van der Waals surface area contributed by atoms with Crippen molar-refractivity contribution in [3.05, 3.63) is 33.8 Å². The summed E-state index contributed by atoms with van der Waals surface area (Å²) in [6.45, 7) is 0.337. The van der Waals surface area contributed by atoms with Gasteiger partial charge in [-0.2, -0.15) is 5.26 Å². The minimum Gasteiger partial charge on any atom is -0.408 e. The fraction of sp³-hybridized carbons (Fsp3) is 0.200. The summed E-state index contributed by atoms with van der Waals surface area (Å²) in [6, 6.07) is 6.96. The number of rotatable bonds is 2. The van der Waals surface area contributed by atoms with E-state index < -0.39 is 5.76 Å². The molecule has 76 valence electrons. The first-order chi connectivity index (χ1) is 7.22. The first-order valence-corrected chi connectivity index (χ1v) is 4.76. The normalized spacial score (nSPS) is 10.4. The molecule has 0 radical (unpaired) electrons. The molecule has 5 heteroatoms. The van der Waals surface area contributed by atoms with Gasteiger partial charge in [0.15, 0.2) is 5.58 Å². The predicted octanol–water partition coefficient (Wildman–Crippen LogP) is 2.16. The third-order valence-corrected chi connectivity index (χ3v) is 2.31. The van der Waals surface area contributed by atoms with Gasteiger partial charge in [0, 0.05) is 17.6 Å². The summed E-state index contributed by atoms with van der Waals surface area (Å²) in [6.07, 6.45) is 0.275. The Morgan fingerprint density at radius 2 is 2.33 bits per heavy atom. The van der Waals surface area contributed by atoms with Crippen LogP contribution in [-0.4, -0.2) is 4.57 Å². The molecule has 1 aromatic heterocycles. The van der Waals surface area contributed by atoms with Crippen molar-refractivity contribution in [2.45, 2.75) is 13.0 Å². The minimum atomic E-state index is -0.456. The molecule has 0 N–H and O–H groups in total. The number of aryl methyl sites for hydroxylation is 1. The monoisotopic (exact) mass is 222 g/mol. The van der Waals surface area contributed by atoms with E-state index in [1.165, 1.54) is 4.57 Å². The van der Waals surface area contributed by atoms with Crippen LogP contribution in [0.15, 0.2) is 27.4 Å². The Hall–Kier alpha value is -1.73. The zero-order valence-electron chi connectivity index (χ0n) is 7.74. The average Bonchev–Trinajstić information content (AvgIpc) is 2.50. The topological polar surface area (TPSA) is 58.9 Å². The van der Waals surface area contributed by atoms with Gasteiger partial charge in [-0.1, -0.05) is 11.6 Å². The highest BCUT2D eigenvalue weighted by Crippen LogP contribution is 2.18. The Balaban J connectivity index is 2.59. The lowest BCUT2D eigenvalue weighted by molar-refractivity contribution is 0.507. The zero-order chi connectivity index (χ0) is 10.8. The largest absolute Gasteiger partial charge is 0.419 e. The van der Waals surface area contributed by atoms with Crippen LogP contribution in [0.4, 0.5) is 0 Å². The van der Waals surface area contributed by atoms with E-state index in [0.717, 1.165) is 0 Å². The van der Waals surface area contributed by atoms with Crippen LogP contribution in [0.2, 0.25) is 5.02 Å². The summed E-state index contributed by atoms with van der Waals surface area (Å²) in [5.41, 5.74) is 1.12. The van der Waals surface area contributed by atoms with Gasteiger partial charge >= 0.3 is 5.76 Å². The lowest BCUT2D eigenvalue weighted by Crippen LogP contribution is -2.13. The average molecular weight is 223 g/mol. The summed E-state index contributed by atoms with van der Waals surface area (Å²) in [5, 5.41) is 8.97. The van der Waals surface area contributed by atoms with Crippen molar-refractivity contribution in [2.75, 3.05) is 0 Å². The third-order valence-electron chi connectivity index (χ3n) is 2.08. The van der Waals surface area contributed by atoms with Gasteiger partial charge in [-0.25, -0.2) is 4.79 Å². The van der Waals surface area contributed by atoms with Crippen molar-refractivity contribution in [1.29, 1.82) is 5.26 Å². The first kappa shape index (κ1) is 9.81. The highest BCUT2D eigenvalue weighted by Gasteiger charge is 2.08. The maximum absolute atomic E-state index is 11.4. The van der Waals surface area contributed by atoms with Gasteiger partial charge < -0.3 is 4.42 Å². The lowest BCUT2D eigenvalue weighted by atomic mass is 10.3. The minimum absolute atomic E-state index is 0.275. The third kappa shape index (κ3) is 1.74. The molecule has 15 heavy (non-hydrogen) atoms. The van der Waals surface area contributed by atoms with Crippen LogP contribution in [0.1, 0.15) is 6.42 Å². The van der Waals surface area contributed by atoms with Crippen molar-refractivity contribution in [3.8, 4) is 6.07 Å². The molecule has 1 aromatic carbocycles. The second-order valence-corrected chi connectivity index (χ2v) is 3.48. The molecule has 2 aromatic rings. The van der Waals surface area contributed by atoms with Gasteiger partial charge in [-0.05, 0) is 12.1 Å². The Morgan fingerprint density at radius 1 is 1.53 bits per heavy atom. The molecule has 0 aliphatic rings. The molecule has 0 aliphatic carbocycles. The summed E-state index contributed by atoms with van der Waals surface area (Å²) < 4.78 is 6.42. The molecule has 0 fully saturated rings. The van der Waals surface area contributed by atoms with Crippen LogP contribution in [0.3, 0.4) is 0 Å². The second kappa shape index (κ2) is 3.79. The molecular formula is C10H7ClN2O2. The molecule has 0 unspecified atom stereocenters. The Bertz CT molecular complexity index is 591. The van der Waals surface area contributed by atoms with E-state index in [1.807, 2.05) is 6.07 Å². The molecule has 4 nitrogen and oxygen atoms in total. The van der Waals surface area contributed by atoms with Gasteiger partial charge in [-0.3, -0.25) is 4.57 Å². The molecule has 0 amide bonds. The second-order valence-electron chi connectivity index (χ2n) is 3.04. The highest BCUT2D eigenvalue weighted by atomic mass is 35.5. The number of aromatic nitrogens is 1. The lowest BCUT2D eigenvalue weighted by Gasteiger charge is -1.96. The molecule has 0 saturated carbocycles. The SMILES string of the molecule is N#CCCn1c(=O)oc2cc(Cl)ccc21. The fourth-order valence-electron chi connectivity index (χ4n) is 1.41. The number of nitriles is 1.